The third-order valence-electron chi connectivity index (χ3n) is 2.06. The second-order valence-electron chi connectivity index (χ2n) is 3.37. The Labute approximate surface area is 109 Å². The van der Waals surface area contributed by atoms with Crippen LogP contribution in [0.5, 0.6) is 0 Å². The van der Waals surface area contributed by atoms with Gasteiger partial charge in [-0.3, -0.25) is 4.79 Å². The summed E-state index contributed by atoms with van der Waals surface area (Å²) in [7, 11) is 0. The van der Waals surface area contributed by atoms with Gasteiger partial charge in [-0.05, 0) is 12.1 Å². The van der Waals surface area contributed by atoms with Crippen LogP contribution in [0.3, 0.4) is 0 Å². The molecule has 0 bridgehead atoms. The lowest BCUT2D eigenvalue weighted by atomic mass is 10.1. The van der Waals surface area contributed by atoms with Crippen molar-refractivity contribution in [3.63, 3.8) is 0 Å². The minimum atomic E-state index is -0.303. The zero-order chi connectivity index (χ0) is 12.3. The Morgan fingerprint density at radius 1 is 1.38 bits per heavy atom. The SMILES string of the molecule is CC(CN)C(=O)Nc1c(Cl)cc(Cl)cc1Cl. The van der Waals surface area contributed by atoms with Crippen molar-refractivity contribution in [2.75, 3.05) is 11.9 Å². The van der Waals surface area contributed by atoms with E-state index in [-0.39, 0.29) is 18.4 Å². The first-order valence-electron chi connectivity index (χ1n) is 4.61. The predicted molar refractivity (Wildman–Crippen MR) is 68.3 cm³/mol. The summed E-state index contributed by atoms with van der Waals surface area (Å²) in [6, 6.07) is 3.02. The first-order chi connectivity index (χ1) is 7.45. The van der Waals surface area contributed by atoms with Gasteiger partial charge in [0.15, 0.2) is 0 Å². The number of hydrogen-bond donors (Lipinski definition) is 2. The van der Waals surface area contributed by atoms with Crippen LogP contribution >= 0.6 is 34.8 Å². The summed E-state index contributed by atoms with van der Waals surface area (Å²) in [6.07, 6.45) is 0. The largest absolute Gasteiger partial charge is 0.330 e. The van der Waals surface area contributed by atoms with Gasteiger partial charge >= 0.3 is 0 Å². The van der Waals surface area contributed by atoms with Crippen molar-refractivity contribution in [1.29, 1.82) is 0 Å². The number of amides is 1. The van der Waals surface area contributed by atoms with Crippen molar-refractivity contribution >= 4 is 46.4 Å². The van der Waals surface area contributed by atoms with Gasteiger partial charge in [0.1, 0.15) is 0 Å². The molecule has 1 rings (SSSR count). The van der Waals surface area contributed by atoms with Crippen LogP contribution in [0.25, 0.3) is 0 Å². The summed E-state index contributed by atoms with van der Waals surface area (Å²) < 4.78 is 0. The molecule has 0 aliphatic heterocycles. The first-order valence-corrected chi connectivity index (χ1v) is 5.74. The Hall–Kier alpha value is -0.480. The Morgan fingerprint density at radius 2 is 1.88 bits per heavy atom. The highest BCUT2D eigenvalue weighted by atomic mass is 35.5. The molecule has 3 N–H and O–H groups in total. The van der Waals surface area contributed by atoms with Crippen molar-refractivity contribution < 1.29 is 4.79 Å². The highest BCUT2D eigenvalue weighted by Crippen LogP contribution is 2.33. The van der Waals surface area contributed by atoms with Gasteiger partial charge in [-0.15, -0.1) is 0 Å². The molecule has 0 aliphatic rings. The highest BCUT2D eigenvalue weighted by molar-refractivity contribution is 6.42. The average molecular weight is 282 g/mol. The number of carbonyl (C=O) groups excluding carboxylic acids is 1. The fourth-order valence-corrected chi connectivity index (χ4v) is 1.93. The standard InChI is InChI=1S/C10H11Cl3N2O/c1-5(4-14)10(16)15-9-7(12)2-6(11)3-8(9)13/h2-3,5H,4,14H2,1H3,(H,15,16). The lowest BCUT2D eigenvalue weighted by Gasteiger charge is -2.12. The van der Waals surface area contributed by atoms with E-state index in [4.69, 9.17) is 40.5 Å². The molecule has 88 valence electrons. The molecule has 0 radical (unpaired) electrons. The molecule has 0 spiro atoms. The van der Waals surface area contributed by atoms with E-state index in [9.17, 15) is 4.79 Å². The molecular weight excluding hydrogens is 270 g/mol. The molecule has 0 aromatic heterocycles. The third-order valence-corrected chi connectivity index (χ3v) is 2.87. The second kappa shape index (κ2) is 5.73. The van der Waals surface area contributed by atoms with E-state index in [1.54, 1.807) is 6.92 Å². The van der Waals surface area contributed by atoms with E-state index < -0.39 is 0 Å². The molecule has 16 heavy (non-hydrogen) atoms. The molecule has 0 fully saturated rings. The monoisotopic (exact) mass is 280 g/mol. The summed E-state index contributed by atoms with van der Waals surface area (Å²) in [6.45, 7) is 1.97. The number of benzene rings is 1. The lowest BCUT2D eigenvalue weighted by Crippen LogP contribution is -2.26. The zero-order valence-corrected chi connectivity index (χ0v) is 10.8. The summed E-state index contributed by atoms with van der Waals surface area (Å²) in [5.41, 5.74) is 5.74. The number of anilines is 1. The van der Waals surface area contributed by atoms with E-state index in [0.717, 1.165) is 0 Å². The van der Waals surface area contributed by atoms with Crippen molar-refractivity contribution in [2.45, 2.75) is 6.92 Å². The molecule has 0 saturated carbocycles. The number of halogens is 3. The smallest absolute Gasteiger partial charge is 0.228 e. The molecule has 1 aromatic carbocycles. The van der Waals surface area contributed by atoms with Crippen LogP contribution in [0.2, 0.25) is 15.1 Å². The number of nitrogens with one attached hydrogen (secondary N) is 1. The maximum atomic E-state index is 11.6. The minimum Gasteiger partial charge on any atom is -0.330 e. The number of hydrogen-bond acceptors (Lipinski definition) is 2. The van der Waals surface area contributed by atoms with Crippen molar-refractivity contribution in [2.24, 2.45) is 11.7 Å². The fraction of sp³-hybridized carbons (Fsp3) is 0.300. The molecule has 1 amide bonds. The molecule has 3 nitrogen and oxygen atoms in total. The topological polar surface area (TPSA) is 55.1 Å². The van der Waals surface area contributed by atoms with Crippen molar-refractivity contribution in [1.82, 2.24) is 0 Å². The van der Waals surface area contributed by atoms with Crippen LogP contribution in [0, 0.1) is 5.92 Å². The van der Waals surface area contributed by atoms with Gasteiger partial charge < -0.3 is 11.1 Å². The maximum Gasteiger partial charge on any atom is 0.228 e. The van der Waals surface area contributed by atoms with Crippen LogP contribution in [-0.2, 0) is 4.79 Å². The molecule has 0 saturated heterocycles. The third kappa shape index (κ3) is 3.25. The lowest BCUT2D eigenvalue weighted by molar-refractivity contribution is -0.119. The zero-order valence-electron chi connectivity index (χ0n) is 8.56. The molecule has 1 aromatic rings. The van der Waals surface area contributed by atoms with E-state index in [1.165, 1.54) is 12.1 Å². The van der Waals surface area contributed by atoms with Crippen molar-refractivity contribution in [3.05, 3.63) is 27.2 Å². The predicted octanol–water partition coefficient (Wildman–Crippen LogP) is 3.18. The molecule has 6 heteroatoms. The van der Waals surface area contributed by atoms with E-state index in [0.29, 0.717) is 20.8 Å². The van der Waals surface area contributed by atoms with E-state index in [2.05, 4.69) is 5.32 Å². The molecule has 1 atom stereocenters. The van der Waals surface area contributed by atoms with Crippen LogP contribution in [0.4, 0.5) is 5.69 Å². The highest BCUT2D eigenvalue weighted by Gasteiger charge is 2.15. The van der Waals surface area contributed by atoms with Gasteiger partial charge in [0.05, 0.1) is 15.7 Å². The summed E-state index contributed by atoms with van der Waals surface area (Å²) >= 11 is 17.6. The van der Waals surface area contributed by atoms with Crippen molar-refractivity contribution in [3.8, 4) is 0 Å². The van der Waals surface area contributed by atoms with Gasteiger partial charge in [-0.25, -0.2) is 0 Å². The summed E-state index contributed by atoms with van der Waals surface area (Å²) in [5.74, 6) is -0.531. The molecular formula is C10H11Cl3N2O. The average Bonchev–Trinajstić information content (AvgIpc) is 2.21. The molecule has 0 aliphatic carbocycles. The Morgan fingerprint density at radius 3 is 2.31 bits per heavy atom. The van der Waals surface area contributed by atoms with Crippen LogP contribution in [0.1, 0.15) is 6.92 Å². The number of rotatable bonds is 3. The molecule has 1 unspecified atom stereocenters. The second-order valence-corrected chi connectivity index (χ2v) is 4.62. The summed E-state index contributed by atoms with van der Waals surface area (Å²) in [4.78, 5) is 11.6. The normalized spacial score (nSPS) is 12.3. The van der Waals surface area contributed by atoms with E-state index in [1.807, 2.05) is 0 Å². The van der Waals surface area contributed by atoms with Gasteiger partial charge in [0, 0.05) is 17.5 Å². The van der Waals surface area contributed by atoms with Gasteiger partial charge in [0.25, 0.3) is 0 Å². The first kappa shape index (κ1) is 13.6. The Balaban J connectivity index is 2.93. The quantitative estimate of drug-likeness (QED) is 0.894. The van der Waals surface area contributed by atoms with Crippen LogP contribution < -0.4 is 11.1 Å². The van der Waals surface area contributed by atoms with Crippen LogP contribution in [-0.4, -0.2) is 12.5 Å². The van der Waals surface area contributed by atoms with Gasteiger partial charge in [-0.2, -0.15) is 0 Å². The maximum absolute atomic E-state index is 11.6. The fourth-order valence-electron chi connectivity index (χ4n) is 1.02. The van der Waals surface area contributed by atoms with E-state index >= 15 is 0 Å². The van der Waals surface area contributed by atoms with Gasteiger partial charge in [0.2, 0.25) is 5.91 Å². The summed E-state index contributed by atoms with van der Waals surface area (Å²) in [5, 5.41) is 3.63. The number of nitrogens with two attached hydrogens (primary N) is 1. The molecule has 0 heterocycles. The minimum absolute atomic E-state index is 0.228. The van der Waals surface area contributed by atoms with Crippen LogP contribution in [0.15, 0.2) is 12.1 Å². The Kier molecular flexibility index (Phi) is 4.87. The number of carbonyl (C=O) groups is 1. The van der Waals surface area contributed by atoms with Gasteiger partial charge in [-0.1, -0.05) is 41.7 Å². The Bertz CT molecular complexity index is 386.